The fraction of sp³-hybridized carbons (Fsp3) is 0.895. The first-order valence-corrected chi connectivity index (χ1v) is 9.91. The van der Waals surface area contributed by atoms with Crippen LogP contribution in [0.25, 0.3) is 0 Å². The Kier molecular flexibility index (Phi) is 6.00. The number of carbonyl (C=O) groups is 2. The van der Waals surface area contributed by atoms with Crippen molar-refractivity contribution in [1.29, 1.82) is 0 Å². The maximum Gasteiger partial charge on any atom is 0.252 e. The number of rotatable bonds is 4. The lowest BCUT2D eigenvalue weighted by Gasteiger charge is -2.26. The lowest BCUT2D eigenvalue weighted by molar-refractivity contribution is -0.160. The van der Waals surface area contributed by atoms with Gasteiger partial charge in [-0.25, -0.2) is 0 Å². The van der Waals surface area contributed by atoms with Gasteiger partial charge in [0.25, 0.3) is 11.8 Å². The summed E-state index contributed by atoms with van der Waals surface area (Å²) in [5.41, 5.74) is 0. The van der Waals surface area contributed by atoms with E-state index >= 15 is 0 Å². The normalized spacial score (nSPS) is 30.8. The molecule has 6 heteroatoms. The molecule has 6 nitrogen and oxygen atoms in total. The van der Waals surface area contributed by atoms with Gasteiger partial charge >= 0.3 is 0 Å². The van der Waals surface area contributed by atoms with Gasteiger partial charge in [-0.1, -0.05) is 38.5 Å². The predicted molar refractivity (Wildman–Crippen MR) is 93.9 cm³/mol. The number of amides is 2. The van der Waals surface area contributed by atoms with Crippen LogP contribution in [0.1, 0.15) is 78.1 Å². The lowest BCUT2D eigenvalue weighted by atomic mass is 9.94. The molecule has 3 aliphatic rings. The molecule has 0 aromatic rings. The fourth-order valence-corrected chi connectivity index (χ4v) is 4.21. The zero-order valence-electron chi connectivity index (χ0n) is 15.5. The summed E-state index contributed by atoms with van der Waals surface area (Å²) in [5.74, 6) is -1.37. The lowest BCUT2D eigenvalue weighted by Crippen LogP contribution is -2.52. The van der Waals surface area contributed by atoms with Crippen LogP contribution in [0.5, 0.6) is 0 Å². The van der Waals surface area contributed by atoms with Crippen LogP contribution in [0.2, 0.25) is 0 Å². The Bertz CT molecular complexity index is 440. The smallest absolute Gasteiger partial charge is 0.252 e. The molecule has 0 aromatic carbocycles. The van der Waals surface area contributed by atoms with Crippen molar-refractivity contribution in [1.82, 2.24) is 10.6 Å². The highest BCUT2D eigenvalue weighted by molar-refractivity contribution is 5.91. The Balaban J connectivity index is 1.60. The molecule has 2 amide bonds. The van der Waals surface area contributed by atoms with Crippen LogP contribution in [-0.4, -0.2) is 41.9 Å². The first-order valence-electron chi connectivity index (χ1n) is 9.91. The summed E-state index contributed by atoms with van der Waals surface area (Å²) in [5, 5.41) is 6.13. The monoisotopic (exact) mass is 352 g/mol. The first kappa shape index (κ1) is 18.6. The summed E-state index contributed by atoms with van der Waals surface area (Å²) in [7, 11) is 0. The summed E-state index contributed by atoms with van der Waals surface area (Å²) in [6.45, 7) is 3.50. The van der Waals surface area contributed by atoms with Crippen molar-refractivity contribution in [2.45, 2.75) is 108 Å². The summed E-state index contributed by atoms with van der Waals surface area (Å²) in [6.07, 6.45) is 9.29. The fourth-order valence-electron chi connectivity index (χ4n) is 4.21. The maximum atomic E-state index is 12.7. The van der Waals surface area contributed by atoms with Gasteiger partial charge in [-0.3, -0.25) is 9.59 Å². The molecule has 1 aliphatic heterocycles. The molecule has 2 saturated carbocycles. The van der Waals surface area contributed by atoms with E-state index in [2.05, 4.69) is 10.6 Å². The molecule has 0 bridgehead atoms. The van der Waals surface area contributed by atoms with Crippen LogP contribution in [-0.2, 0) is 19.1 Å². The molecule has 3 fully saturated rings. The molecule has 2 aliphatic carbocycles. The minimum absolute atomic E-state index is 0.190. The molecule has 25 heavy (non-hydrogen) atoms. The van der Waals surface area contributed by atoms with Crippen molar-refractivity contribution in [2.24, 2.45) is 0 Å². The van der Waals surface area contributed by atoms with E-state index in [1.165, 1.54) is 12.8 Å². The van der Waals surface area contributed by atoms with Crippen LogP contribution < -0.4 is 10.6 Å². The van der Waals surface area contributed by atoms with Gasteiger partial charge in [0.05, 0.1) is 0 Å². The van der Waals surface area contributed by atoms with E-state index < -0.39 is 18.0 Å². The van der Waals surface area contributed by atoms with E-state index in [0.717, 1.165) is 51.4 Å². The van der Waals surface area contributed by atoms with Crippen molar-refractivity contribution < 1.29 is 19.1 Å². The Hall–Kier alpha value is -1.14. The van der Waals surface area contributed by atoms with Gasteiger partial charge in [-0.15, -0.1) is 0 Å². The second kappa shape index (κ2) is 8.04. The Morgan fingerprint density at radius 3 is 1.44 bits per heavy atom. The van der Waals surface area contributed by atoms with Gasteiger partial charge in [0, 0.05) is 12.1 Å². The van der Waals surface area contributed by atoms with Crippen LogP contribution in [0.3, 0.4) is 0 Å². The van der Waals surface area contributed by atoms with Gasteiger partial charge in [0.15, 0.2) is 18.0 Å². The van der Waals surface area contributed by atoms with E-state index in [-0.39, 0.29) is 23.9 Å². The third kappa shape index (κ3) is 4.94. The van der Waals surface area contributed by atoms with E-state index in [4.69, 9.17) is 9.47 Å². The second-order valence-corrected chi connectivity index (χ2v) is 8.16. The zero-order chi connectivity index (χ0) is 17.9. The molecule has 3 rings (SSSR count). The van der Waals surface area contributed by atoms with Crippen molar-refractivity contribution in [2.75, 3.05) is 0 Å². The minimum Gasteiger partial charge on any atom is -0.351 e. The van der Waals surface area contributed by atoms with Gasteiger partial charge in [-0.05, 0) is 39.5 Å². The van der Waals surface area contributed by atoms with Crippen molar-refractivity contribution >= 4 is 11.8 Å². The van der Waals surface area contributed by atoms with Crippen LogP contribution in [0.15, 0.2) is 0 Å². The minimum atomic E-state index is -0.927. The molecule has 0 unspecified atom stereocenters. The average Bonchev–Trinajstić information content (AvgIpc) is 2.93. The number of hydrogen-bond donors (Lipinski definition) is 2. The second-order valence-electron chi connectivity index (χ2n) is 8.16. The van der Waals surface area contributed by atoms with Gasteiger partial charge < -0.3 is 20.1 Å². The largest absolute Gasteiger partial charge is 0.351 e. The van der Waals surface area contributed by atoms with Crippen molar-refractivity contribution in [3.8, 4) is 0 Å². The van der Waals surface area contributed by atoms with Crippen LogP contribution in [0, 0.1) is 0 Å². The number of hydrogen-bond acceptors (Lipinski definition) is 4. The highest BCUT2D eigenvalue weighted by Gasteiger charge is 2.49. The zero-order valence-corrected chi connectivity index (χ0v) is 15.5. The SMILES string of the molecule is CC1(C)O[C@H](C(=O)NC2CCCCC2)[C@H](C(=O)NC2CCCCC2)O1. The van der Waals surface area contributed by atoms with E-state index in [9.17, 15) is 9.59 Å². The number of carbonyl (C=O) groups excluding carboxylic acids is 2. The third-order valence-corrected chi connectivity index (χ3v) is 5.52. The number of nitrogens with one attached hydrogen (secondary N) is 2. The Morgan fingerprint density at radius 1 is 0.720 bits per heavy atom. The van der Waals surface area contributed by atoms with E-state index in [0.29, 0.717) is 0 Å². The summed E-state index contributed by atoms with van der Waals surface area (Å²) in [6, 6.07) is 0.381. The summed E-state index contributed by atoms with van der Waals surface area (Å²) >= 11 is 0. The molecular formula is C19H32N2O4. The molecule has 142 valence electrons. The first-order chi connectivity index (χ1) is 11.9. The predicted octanol–water partition coefficient (Wildman–Crippen LogP) is 2.40. The molecule has 2 atom stereocenters. The summed E-state index contributed by atoms with van der Waals surface area (Å²) < 4.78 is 11.6. The molecule has 1 saturated heterocycles. The maximum absolute atomic E-state index is 12.7. The van der Waals surface area contributed by atoms with Gasteiger partial charge in [-0.2, -0.15) is 0 Å². The topological polar surface area (TPSA) is 76.7 Å². The summed E-state index contributed by atoms with van der Waals surface area (Å²) in [4.78, 5) is 25.4. The quantitative estimate of drug-likeness (QED) is 0.814. The highest BCUT2D eigenvalue weighted by atomic mass is 16.8. The third-order valence-electron chi connectivity index (χ3n) is 5.52. The molecule has 1 heterocycles. The van der Waals surface area contributed by atoms with Gasteiger partial charge in [0.2, 0.25) is 0 Å². The van der Waals surface area contributed by atoms with E-state index in [1.807, 2.05) is 0 Å². The van der Waals surface area contributed by atoms with Crippen LogP contribution in [0.4, 0.5) is 0 Å². The Labute approximate surface area is 150 Å². The van der Waals surface area contributed by atoms with Crippen molar-refractivity contribution in [3.05, 3.63) is 0 Å². The highest BCUT2D eigenvalue weighted by Crippen LogP contribution is 2.29. The van der Waals surface area contributed by atoms with Crippen LogP contribution >= 0.6 is 0 Å². The van der Waals surface area contributed by atoms with Gasteiger partial charge in [0.1, 0.15) is 0 Å². The standard InChI is InChI=1S/C19H32N2O4/c1-19(2)24-15(17(22)20-13-9-5-3-6-10-13)16(25-19)18(23)21-14-11-7-4-8-12-14/h13-16H,3-12H2,1-2H3,(H,20,22)(H,21,23)/t15-,16+. The molecule has 0 radical (unpaired) electrons. The van der Waals surface area contributed by atoms with E-state index in [1.54, 1.807) is 13.8 Å². The number of ether oxygens (including phenoxy) is 2. The molecule has 2 N–H and O–H groups in total. The average molecular weight is 352 g/mol. The molecular weight excluding hydrogens is 320 g/mol. The molecule has 0 spiro atoms. The Morgan fingerprint density at radius 2 is 1.08 bits per heavy atom. The molecule has 0 aromatic heterocycles. The van der Waals surface area contributed by atoms with Crippen molar-refractivity contribution in [3.63, 3.8) is 0 Å².